The molecule has 322 valence electrons. The van der Waals surface area contributed by atoms with Gasteiger partial charge in [-0.2, -0.15) is 0 Å². The largest absolute Gasteiger partial charge is 0.378 e. The number of aromatic nitrogens is 2. The van der Waals surface area contributed by atoms with Crippen LogP contribution in [0.5, 0.6) is 0 Å². The number of anilines is 4. The molecule has 3 amide bonds. The molecule has 5 N–H and O–H groups in total. The highest BCUT2D eigenvalue weighted by Crippen LogP contribution is 2.33. The van der Waals surface area contributed by atoms with E-state index in [-0.39, 0.29) is 47.2 Å². The lowest BCUT2D eigenvalue weighted by atomic mass is 9.81. The number of hydrogen-bond acceptors (Lipinski definition) is 10. The third-order valence-electron chi connectivity index (χ3n) is 13.4. The van der Waals surface area contributed by atoms with Gasteiger partial charge in [-0.25, -0.2) is 18.7 Å². The van der Waals surface area contributed by atoms with Crippen LogP contribution < -0.4 is 31.1 Å². The van der Waals surface area contributed by atoms with Gasteiger partial charge in [-0.1, -0.05) is 12.1 Å². The zero-order chi connectivity index (χ0) is 41.6. The molecule has 4 heterocycles. The standard InChI is InChI=1S/C45H59F2N9O4/c46-36-25-34(50-38-16-18-40(57)52-44(38)60)15-17-39(36)55-22-20-54(21-23-55)28-30-9-7-29(8-10-30)26-48-43(59)31-11-13-33(14-12-31)51-45-49-27-37(47)42(53-45)32-4-3-5-35(24-32)56-19-2-1-6-41(56)58/h3-5,15,17,24-25,27,29-31,33,38,44,50,60H,1-2,6-14,16,18-23,26,28H2,(H,48,59)(H,52,57)(H,49,51,53). The van der Waals surface area contributed by atoms with E-state index in [1.54, 1.807) is 17.0 Å². The van der Waals surface area contributed by atoms with Crippen molar-refractivity contribution in [3.05, 3.63) is 60.3 Å². The Hall–Kier alpha value is -4.89. The maximum atomic E-state index is 15.2. The number of nitrogens with zero attached hydrogens (tertiary/aromatic N) is 5. The second-order valence-corrected chi connectivity index (χ2v) is 17.5. The predicted octanol–water partition coefficient (Wildman–Crippen LogP) is 5.66. The Morgan fingerprint density at radius 2 is 1.62 bits per heavy atom. The van der Waals surface area contributed by atoms with Gasteiger partial charge in [-0.15, -0.1) is 0 Å². The Morgan fingerprint density at radius 1 is 0.833 bits per heavy atom. The molecule has 8 rings (SSSR count). The van der Waals surface area contributed by atoms with E-state index < -0.39 is 12.0 Å². The summed E-state index contributed by atoms with van der Waals surface area (Å²) in [6, 6.07) is 12.2. The van der Waals surface area contributed by atoms with Crippen LogP contribution in [0, 0.1) is 29.4 Å². The van der Waals surface area contributed by atoms with E-state index in [1.807, 2.05) is 24.3 Å². The van der Waals surface area contributed by atoms with Gasteiger partial charge >= 0.3 is 0 Å². The number of piperazine rings is 1. The van der Waals surface area contributed by atoms with E-state index in [2.05, 4.69) is 41.0 Å². The molecule has 0 spiro atoms. The SMILES string of the molecule is O=C1CCC(Nc2ccc(N3CCN(CC4CCC(CNC(=O)C5CCC(Nc6ncc(F)c(-c7cccc(N8CCCCC8=O)c7)n6)CC5)CC4)CC3)c(F)c2)C(O)N1. The Morgan fingerprint density at radius 3 is 2.37 bits per heavy atom. The van der Waals surface area contributed by atoms with E-state index in [0.717, 1.165) is 109 Å². The van der Waals surface area contributed by atoms with E-state index >= 15 is 4.39 Å². The first-order valence-electron chi connectivity index (χ1n) is 22.1. The lowest BCUT2D eigenvalue weighted by Gasteiger charge is -2.39. The second kappa shape index (κ2) is 19.2. The molecule has 15 heteroatoms. The van der Waals surface area contributed by atoms with Crippen molar-refractivity contribution in [1.82, 2.24) is 25.5 Å². The van der Waals surface area contributed by atoms with E-state index in [4.69, 9.17) is 0 Å². The lowest BCUT2D eigenvalue weighted by Crippen LogP contribution is -2.51. The fourth-order valence-corrected chi connectivity index (χ4v) is 9.77. The van der Waals surface area contributed by atoms with Gasteiger partial charge in [0.1, 0.15) is 17.7 Å². The number of halogens is 2. The molecule has 0 bridgehead atoms. The molecule has 2 atom stereocenters. The summed E-state index contributed by atoms with van der Waals surface area (Å²) >= 11 is 0. The van der Waals surface area contributed by atoms with Crippen LogP contribution in [0.15, 0.2) is 48.7 Å². The van der Waals surface area contributed by atoms with Crippen LogP contribution in [0.25, 0.3) is 11.3 Å². The summed E-state index contributed by atoms with van der Waals surface area (Å²) in [7, 11) is 0. The van der Waals surface area contributed by atoms with Crippen molar-refractivity contribution in [2.75, 3.05) is 66.2 Å². The average Bonchev–Trinajstić information content (AvgIpc) is 3.26. The van der Waals surface area contributed by atoms with Crippen molar-refractivity contribution < 1.29 is 28.3 Å². The molecule has 13 nitrogen and oxygen atoms in total. The minimum Gasteiger partial charge on any atom is -0.378 e. The molecule has 2 aliphatic carbocycles. The maximum Gasteiger partial charge on any atom is 0.226 e. The quantitative estimate of drug-likeness (QED) is 0.155. The van der Waals surface area contributed by atoms with Crippen LogP contribution in [-0.4, -0.2) is 102 Å². The fraction of sp³-hybridized carbons (Fsp3) is 0.578. The number of nitrogens with one attached hydrogen (secondary N) is 4. The van der Waals surface area contributed by atoms with Crippen molar-refractivity contribution in [3.63, 3.8) is 0 Å². The molecule has 5 aliphatic rings. The average molecular weight is 828 g/mol. The number of aliphatic hydroxyl groups is 1. The number of amides is 3. The number of carbonyl (C=O) groups excluding carboxylic acids is 3. The summed E-state index contributed by atoms with van der Waals surface area (Å²) in [6.45, 7) is 5.72. The van der Waals surface area contributed by atoms with Crippen molar-refractivity contribution in [1.29, 1.82) is 0 Å². The molecule has 0 radical (unpaired) electrons. The Balaban J connectivity index is 0.720. The van der Waals surface area contributed by atoms with Crippen molar-refractivity contribution >= 4 is 40.7 Å². The van der Waals surface area contributed by atoms with E-state index in [9.17, 15) is 23.9 Å². The van der Waals surface area contributed by atoms with Gasteiger partial charge in [0, 0.05) is 87.6 Å². The highest BCUT2D eigenvalue weighted by molar-refractivity contribution is 5.94. The highest BCUT2D eigenvalue weighted by Gasteiger charge is 2.31. The number of hydrogen-bond donors (Lipinski definition) is 5. The summed E-state index contributed by atoms with van der Waals surface area (Å²) in [5, 5.41) is 22.5. The smallest absolute Gasteiger partial charge is 0.226 e. The Labute approximate surface area is 351 Å². The van der Waals surface area contributed by atoms with Crippen LogP contribution in [-0.2, 0) is 14.4 Å². The maximum absolute atomic E-state index is 15.2. The van der Waals surface area contributed by atoms with Crippen molar-refractivity contribution in [2.24, 2.45) is 17.8 Å². The zero-order valence-corrected chi connectivity index (χ0v) is 34.4. The van der Waals surface area contributed by atoms with Crippen LogP contribution in [0.3, 0.4) is 0 Å². The molecule has 2 aromatic carbocycles. The predicted molar refractivity (Wildman–Crippen MR) is 227 cm³/mol. The first-order chi connectivity index (χ1) is 29.1. The number of rotatable bonds is 12. The summed E-state index contributed by atoms with van der Waals surface area (Å²) in [4.78, 5) is 52.3. The minimum absolute atomic E-state index is 0.0211. The molecule has 3 aromatic rings. The number of piperidine rings is 2. The van der Waals surface area contributed by atoms with Gasteiger partial charge in [0.2, 0.25) is 23.7 Å². The Kier molecular flexibility index (Phi) is 13.4. The zero-order valence-electron chi connectivity index (χ0n) is 34.4. The number of carbonyl (C=O) groups is 3. The minimum atomic E-state index is -0.996. The summed E-state index contributed by atoms with van der Waals surface area (Å²) < 4.78 is 30.2. The molecule has 3 aliphatic heterocycles. The molecule has 60 heavy (non-hydrogen) atoms. The van der Waals surface area contributed by atoms with Gasteiger partial charge in [-0.05, 0) is 113 Å². The monoisotopic (exact) mass is 827 g/mol. The lowest BCUT2D eigenvalue weighted by molar-refractivity contribution is -0.127. The summed E-state index contributed by atoms with van der Waals surface area (Å²) in [5.41, 5.74) is 2.72. The van der Waals surface area contributed by atoms with Gasteiger partial charge in [-0.3, -0.25) is 19.3 Å². The molecular weight excluding hydrogens is 769 g/mol. The van der Waals surface area contributed by atoms with Crippen LogP contribution in [0.1, 0.15) is 83.5 Å². The second-order valence-electron chi connectivity index (χ2n) is 17.5. The third kappa shape index (κ3) is 10.3. The van der Waals surface area contributed by atoms with Gasteiger partial charge < -0.3 is 36.2 Å². The molecule has 1 aromatic heterocycles. The molecule has 3 saturated heterocycles. The van der Waals surface area contributed by atoms with Crippen LogP contribution >= 0.6 is 0 Å². The molecular formula is C45H59F2N9O4. The van der Waals surface area contributed by atoms with E-state index in [0.29, 0.717) is 60.5 Å². The first kappa shape index (κ1) is 41.8. The molecule has 5 fully saturated rings. The Bertz CT molecular complexity index is 1980. The van der Waals surface area contributed by atoms with Gasteiger partial charge in [0.25, 0.3) is 0 Å². The molecule has 2 saturated carbocycles. The summed E-state index contributed by atoms with van der Waals surface area (Å²) in [5.74, 6) is 0.695. The van der Waals surface area contributed by atoms with E-state index in [1.165, 1.54) is 12.3 Å². The van der Waals surface area contributed by atoms with Crippen molar-refractivity contribution in [2.45, 2.75) is 102 Å². The normalized spacial score (nSPS) is 26.6. The first-order valence-corrected chi connectivity index (χ1v) is 22.1. The summed E-state index contributed by atoms with van der Waals surface area (Å²) in [6.07, 6.45) is 11.0. The highest BCUT2D eigenvalue weighted by atomic mass is 19.1. The van der Waals surface area contributed by atoms with Crippen LogP contribution in [0.4, 0.5) is 31.8 Å². The molecule has 2 unspecified atom stereocenters. The fourth-order valence-electron chi connectivity index (χ4n) is 9.77. The topological polar surface area (TPSA) is 155 Å². The van der Waals surface area contributed by atoms with Gasteiger partial charge in [0.15, 0.2) is 5.82 Å². The number of aliphatic hydroxyl groups excluding tert-OH is 1. The van der Waals surface area contributed by atoms with Gasteiger partial charge in [0.05, 0.1) is 17.9 Å². The van der Waals surface area contributed by atoms with Crippen molar-refractivity contribution in [3.8, 4) is 11.3 Å². The number of benzene rings is 2. The van der Waals surface area contributed by atoms with Crippen LogP contribution in [0.2, 0.25) is 0 Å². The third-order valence-corrected chi connectivity index (χ3v) is 13.4.